The first-order valence-corrected chi connectivity index (χ1v) is 7.02. The van der Waals surface area contributed by atoms with Gasteiger partial charge < -0.3 is 9.64 Å². The van der Waals surface area contributed by atoms with E-state index in [0.29, 0.717) is 22.3 Å². The fourth-order valence-corrected chi connectivity index (χ4v) is 2.11. The summed E-state index contributed by atoms with van der Waals surface area (Å²) in [6.45, 7) is 2.23. The third-order valence-electron chi connectivity index (χ3n) is 3.34. The van der Waals surface area contributed by atoms with Gasteiger partial charge in [0.2, 0.25) is 0 Å². The second-order valence-corrected chi connectivity index (χ2v) is 5.61. The number of carbonyl (C=O) groups excluding carboxylic acids is 2. The summed E-state index contributed by atoms with van der Waals surface area (Å²) in [6.07, 6.45) is 2.41. The van der Waals surface area contributed by atoms with E-state index in [4.69, 9.17) is 16.3 Å². The molecular weight excluding hydrogens is 278 g/mol. The molecule has 20 heavy (non-hydrogen) atoms. The van der Waals surface area contributed by atoms with E-state index in [1.807, 2.05) is 0 Å². The molecule has 0 bridgehead atoms. The van der Waals surface area contributed by atoms with Gasteiger partial charge in [0, 0.05) is 19.2 Å². The van der Waals surface area contributed by atoms with Crippen LogP contribution in [-0.4, -0.2) is 36.8 Å². The van der Waals surface area contributed by atoms with Gasteiger partial charge in [-0.05, 0) is 43.9 Å². The Kier molecular flexibility index (Phi) is 4.65. The number of Topliss-reactive ketones (excluding diaryl/α,β-unsaturated/α-hetero) is 1. The standard InChI is InChI=1S/C15H18ClNO3/c1-10(18)12-5-6-14(13(16)7-12)20-9-15(19)17(2)8-11-3-4-11/h5-7,11H,3-4,8-9H2,1-2H3. The number of ketones is 1. The number of rotatable bonds is 6. The normalized spacial score (nSPS) is 13.9. The summed E-state index contributed by atoms with van der Waals surface area (Å²) in [5.41, 5.74) is 0.527. The van der Waals surface area contributed by atoms with E-state index < -0.39 is 0 Å². The van der Waals surface area contributed by atoms with Gasteiger partial charge >= 0.3 is 0 Å². The Morgan fingerprint density at radius 3 is 2.65 bits per heavy atom. The Bertz CT molecular complexity index is 526. The van der Waals surface area contributed by atoms with Crippen molar-refractivity contribution in [1.29, 1.82) is 0 Å². The predicted molar refractivity (Wildman–Crippen MR) is 77.3 cm³/mol. The molecule has 0 unspecified atom stereocenters. The van der Waals surface area contributed by atoms with Crippen molar-refractivity contribution in [3.8, 4) is 5.75 Å². The monoisotopic (exact) mass is 295 g/mol. The van der Waals surface area contributed by atoms with E-state index >= 15 is 0 Å². The third-order valence-corrected chi connectivity index (χ3v) is 3.64. The van der Waals surface area contributed by atoms with Crippen molar-refractivity contribution in [3.63, 3.8) is 0 Å². The molecule has 0 atom stereocenters. The van der Waals surface area contributed by atoms with Gasteiger partial charge in [-0.1, -0.05) is 11.6 Å². The summed E-state index contributed by atoms with van der Waals surface area (Å²) in [6, 6.07) is 4.81. The van der Waals surface area contributed by atoms with Crippen LogP contribution in [0.5, 0.6) is 5.75 Å². The average Bonchev–Trinajstić information content (AvgIpc) is 3.20. The van der Waals surface area contributed by atoms with E-state index in [2.05, 4.69) is 0 Å². The lowest BCUT2D eigenvalue weighted by atomic mass is 10.1. The van der Waals surface area contributed by atoms with Gasteiger partial charge in [0.05, 0.1) is 5.02 Å². The lowest BCUT2D eigenvalue weighted by Gasteiger charge is -2.17. The predicted octanol–water partition coefficient (Wildman–Crippen LogP) is 2.79. The molecule has 2 rings (SSSR count). The van der Waals surface area contributed by atoms with Crippen LogP contribution in [0.3, 0.4) is 0 Å². The highest BCUT2D eigenvalue weighted by atomic mass is 35.5. The van der Waals surface area contributed by atoms with Crippen LogP contribution in [0.4, 0.5) is 0 Å². The fourth-order valence-electron chi connectivity index (χ4n) is 1.88. The molecule has 0 N–H and O–H groups in total. The summed E-state index contributed by atoms with van der Waals surface area (Å²) in [7, 11) is 1.78. The zero-order valence-electron chi connectivity index (χ0n) is 11.7. The van der Waals surface area contributed by atoms with Gasteiger partial charge in [0.25, 0.3) is 5.91 Å². The number of benzene rings is 1. The van der Waals surface area contributed by atoms with Crippen molar-refractivity contribution in [1.82, 2.24) is 4.90 Å². The lowest BCUT2D eigenvalue weighted by Crippen LogP contribution is -2.33. The second kappa shape index (κ2) is 6.27. The van der Waals surface area contributed by atoms with Crippen molar-refractivity contribution in [2.75, 3.05) is 20.2 Å². The molecule has 0 heterocycles. The molecule has 5 heteroatoms. The lowest BCUT2D eigenvalue weighted by molar-refractivity contribution is -0.132. The molecule has 0 aliphatic heterocycles. The van der Waals surface area contributed by atoms with Crippen LogP contribution in [0.2, 0.25) is 5.02 Å². The molecule has 1 aromatic rings. The summed E-state index contributed by atoms with van der Waals surface area (Å²) in [4.78, 5) is 24.8. The Morgan fingerprint density at radius 2 is 2.10 bits per heavy atom. The van der Waals surface area contributed by atoms with Gasteiger partial charge in [-0.2, -0.15) is 0 Å². The minimum Gasteiger partial charge on any atom is -0.482 e. The summed E-state index contributed by atoms with van der Waals surface area (Å²) in [5.74, 6) is 0.953. The van der Waals surface area contributed by atoms with E-state index in [9.17, 15) is 9.59 Å². The van der Waals surface area contributed by atoms with Gasteiger partial charge in [0.1, 0.15) is 5.75 Å². The van der Waals surface area contributed by atoms with E-state index in [1.165, 1.54) is 19.8 Å². The summed E-state index contributed by atoms with van der Waals surface area (Å²) >= 11 is 6.03. The second-order valence-electron chi connectivity index (χ2n) is 5.21. The van der Waals surface area contributed by atoms with Gasteiger partial charge in [0.15, 0.2) is 12.4 Å². The third kappa shape index (κ3) is 3.97. The molecule has 1 aromatic carbocycles. The van der Waals surface area contributed by atoms with Gasteiger partial charge in [-0.25, -0.2) is 0 Å². The highest BCUT2D eigenvalue weighted by Crippen LogP contribution is 2.29. The number of likely N-dealkylation sites (N-methyl/N-ethyl adjacent to an activating group) is 1. The van der Waals surface area contributed by atoms with Crippen molar-refractivity contribution in [2.24, 2.45) is 5.92 Å². The Morgan fingerprint density at radius 1 is 1.40 bits per heavy atom. The van der Waals surface area contributed by atoms with Crippen LogP contribution >= 0.6 is 11.6 Å². The van der Waals surface area contributed by atoms with Crippen LogP contribution in [0, 0.1) is 5.92 Å². The fraction of sp³-hybridized carbons (Fsp3) is 0.467. The topological polar surface area (TPSA) is 46.6 Å². The number of hydrogen-bond acceptors (Lipinski definition) is 3. The molecular formula is C15H18ClNO3. The van der Waals surface area contributed by atoms with Crippen LogP contribution in [0.15, 0.2) is 18.2 Å². The maximum Gasteiger partial charge on any atom is 0.260 e. The molecule has 108 valence electrons. The number of hydrogen-bond donors (Lipinski definition) is 0. The largest absolute Gasteiger partial charge is 0.482 e. The molecule has 1 aliphatic rings. The molecule has 4 nitrogen and oxygen atoms in total. The first-order chi connectivity index (χ1) is 9.47. The first kappa shape index (κ1) is 14.9. The number of amides is 1. The highest BCUT2D eigenvalue weighted by molar-refractivity contribution is 6.32. The smallest absolute Gasteiger partial charge is 0.260 e. The maximum absolute atomic E-state index is 11.9. The van der Waals surface area contributed by atoms with Crippen LogP contribution in [0.1, 0.15) is 30.1 Å². The maximum atomic E-state index is 11.9. The molecule has 1 amide bonds. The molecule has 1 saturated carbocycles. The first-order valence-electron chi connectivity index (χ1n) is 6.64. The zero-order valence-corrected chi connectivity index (χ0v) is 12.4. The Labute approximate surface area is 123 Å². The molecule has 0 saturated heterocycles. The molecule has 0 radical (unpaired) electrons. The Hall–Kier alpha value is -1.55. The van der Waals surface area contributed by atoms with Crippen molar-refractivity contribution in [2.45, 2.75) is 19.8 Å². The molecule has 1 aliphatic carbocycles. The van der Waals surface area contributed by atoms with Crippen molar-refractivity contribution < 1.29 is 14.3 Å². The van der Waals surface area contributed by atoms with Gasteiger partial charge in [-0.3, -0.25) is 9.59 Å². The van der Waals surface area contributed by atoms with Crippen molar-refractivity contribution in [3.05, 3.63) is 28.8 Å². The molecule has 0 spiro atoms. The van der Waals surface area contributed by atoms with E-state index in [1.54, 1.807) is 30.1 Å². The molecule has 0 aromatic heterocycles. The van der Waals surface area contributed by atoms with Crippen LogP contribution < -0.4 is 4.74 Å². The SMILES string of the molecule is CC(=O)c1ccc(OCC(=O)N(C)CC2CC2)c(Cl)c1. The quantitative estimate of drug-likeness (QED) is 0.758. The van der Waals surface area contributed by atoms with Crippen LogP contribution in [0.25, 0.3) is 0 Å². The van der Waals surface area contributed by atoms with Crippen molar-refractivity contribution >= 4 is 23.3 Å². The summed E-state index contributed by atoms with van der Waals surface area (Å²) < 4.78 is 5.42. The number of halogens is 1. The Balaban J connectivity index is 1.89. The molecule has 1 fully saturated rings. The summed E-state index contributed by atoms with van der Waals surface area (Å²) in [5, 5.41) is 0.343. The minimum atomic E-state index is -0.0661. The highest BCUT2D eigenvalue weighted by Gasteiger charge is 2.24. The van der Waals surface area contributed by atoms with Gasteiger partial charge in [-0.15, -0.1) is 0 Å². The number of ether oxygens (including phenoxy) is 1. The van der Waals surface area contributed by atoms with E-state index in [-0.39, 0.29) is 18.3 Å². The van der Waals surface area contributed by atoms with E-state index in [0.717, 1.165) is 6.54 Å². The van der Waals surface area contributed by atoms with Crippen LogP contribution in [-0.2, 0) is 4.79 Å². The average molecular weight is 296 g/mol. The minimum absolute atomic E-state index is 0.0393. The number of nitrogens with zero attached hydrogens (tertiary/aromatic N) is 1. The number of carbonyl (C=O) groups is 2. The zero-order chi connectivity index (χ0) is 14.7.